The first-order chi connectivity index (χ1) is 13.7. The molecule has 0 spiro atoms. The molecule has 1 amide bonds. The van der Waals surface area contributed by atoms with Crippen LogP contribution >= 0.6 is 0 Å². The summed E-state index contributed by atoms with van der Waals surface area (Å²) in [6.07, 6.45) is 1.60. The number of pyridine rings is 1. The molecule has 4 aromatic rings. The minimum Gasteiger partial charge on any atom is -0.477 e. The molecule has 0 radical (unpaired) electrons. The Morgan fingerprint density at radius 3 is 2.61 bits per heavy atom. The van der Waals surface area contributed by atoms with E-state index in [1.54, 1.807) is 18.3 Å². The van der Waals surface area contributed by atoms with E-state index in [0.29, 0.717) is 23.7 Å². The molecule has 0 atom stereocenters. The molecule has 0 unspecified atom stereocenters. The maximum absolute atomic E-state index is 12.6. The van der Waals surface area contributed by atoms with E-state index in [0.717, 1.165) is 22.4 Å². The van der Waals surface area contributed by atoms with Gasteiger partial charge in [0.05, 0.1) is 17.6 Å². The number of carbonyl (C=O) groups excluding carboxylic acids is 1. The van der Waals surface area contributed by atoms with Crippen molar-refractivity contribution in [1.29, 1.82) is 0 Å². The number of nitrogens with one attached hydrogen (secondary N) is 1. The first-order valence-electron chi connectivity index (χ1n) is 9.08. The Labute approximate surface area is 162 Å². The van der Waals surface area contributed by atoms with Crippen LogP contribution < -0.4 is 10.1 Å². The average Bonchev–Trinajstić information content (AvgIpc) is 3.06. The fourth-order valence-electron chi connectivity index (χ4n) is 3.12. The Hall–Kier alpha value is -3.67. The minimum atomic E-state index is -0.257. The highest BCUT2D eigenvalue weighted by Crippen LogP contribution is 2.25. The molecule has 0 saturated carbocycles. The van der Waals surface area contributed by atoms with Crippen LogP contribution in [-0.2, 0) is 7.05 Å². The van der Waals surface area contributed by atoms with Gasteiger partial charge in [-0.25, -0.2) is 9.97 Å². The summed E-state index contributed by atoms with van der Waals surface area (Å²) in [7, 11) is 2.00. The molecule has 6 heteroatoms. The fourth-order valence-corrected chi connectivity index (χ4v) is 3.12. The highest BCUT2D eigenvalue weighted by Gasteiger charge is 2.14. The van der Waals surface area contributed by atoms with Gasteiger partial charge in [0.15, 0.2) is 0 Å². The minimum absolute atomic E-state index is 0.257. The van der Waals surface area contributed by atoms with Gasteiger partial charge in [-0.1, -0.05) is 12.1 Å². The van der Waals surface area contributed by atoms with Gasteiger partial charge in [-0.3, -0.25) is 4.79 Å². The standard InChI is InChI=1S/C22H20N4O2/c1-3-28-22-17(7-6-14-23-22)21(27)24-16-12-10-15(11-13-16)20-25-18-8-4-5-9-19(18)26(20)2/h4-14H,3H2,1-2H3,(H,24,27). The van der Waals surface area contributed by atoms with E-state index in [9.17, 15) is 4.79 Å². The van der Waals surface area contributed by atoms with E-state index >= 15 is 0 Å². The van der Waals surface area contributed by atoms with Crippen LogP contribution in [0.15, 0.2) is 66.9 Å². The summed E-state index contributed by atoms with van der Waals surface area (Å²) in [6, 6.07) is 19.1. The first kappa shape index (κ1) is 17.7. The SMILES string of the molecule is CCOc1ncccc1C(=O)Nc1ccc(-c2nc3ccccc3n2C)cc1. The largest absolute Gasteiger partial charge is 0.477 e. The maximum atomic E-state index is 12.6. The number of hydrogen-bond acceptors (Lipinski definition) is 4. The molecule has 0 bridgehead atoms. The van der Waals surface area contributed by atoms with Crippen LogP contribution in [0.25, 0.3) is 22.4 Å². The van der Waals surface area contributed by atoms with Crippen LogP contribution in [0.1, 0.15) is 17.3 Å². The Morgan fingerprint density at radius 2 is 1.86 bits per heavy atom. The van der Waals surface area contributed by atoms with E-state index in [1.807, 2.05) is 62.5 Å². The zero-order chi connectivity index (χ0) is 19.5. The van der Waals surface area contributed by atoms with E-state index in [-0.39, 0.29) is 5.91 Å². The maximum Gasteiger partial charge on any atom is 0.261 e. The van der Waals surface area contributed by atoms with Gasteiger partial charge >= 0.3 is 0 Å². The number of carbonyl (C=O) groups is 1. The molecule has 0 aliphatic heterocycles. The number of aromatic nitrogens is 3. The zero-order valence-electron chi connectivity index (χ0n) is 15.7. The van der Waals surface area contributed by atoms with Crippen molar-refractivity contribution in [3.63, 3.8) is 0 Å². The summed E-state index contributed by atoms with van der Waals surface area (Å²) in [5.74, 6) is 0.954. The Balaban J connectivity index is 1.57. The predicted octanol–water partition coefficient (Wildman–Crippen LogP) is 4.29. The molecule has 0 aliphatic rings. The molecular formula is C22H20N4O2. The summed E-state index contributed by atoms with van der Waals surface area (Å²) >= 11 is 0. The number of imidazole rings is 1. The number of nitrogens with zero attached hydrogens (tertiary/aromatic N) is 3. The van der Waals surface area contributed by atoms with Crippen LogP contribution in [-0.4, -0.2) is 27.0 Å². The number of aryl methyl sites for hydroxylation is 1. The van der Waals surface area contributed by atoms with Gasteiger partial charge in [0.1, 0.15) is 11.4 Å². The Kier molecular flexibility index (Phi) is 4.76. The lowest BCUT2D eigenvalue weighted by Crippen LogP contribution is -2.14. The van der Waals surface area contributed by atoms with Crippen LogP contribution in [0.5, 0.6) is 5.88 Å². The number of para-hydroxylation sites is 2. The fraction of sp³-hybridized carbons (Fsp3) is 0.136. The molecule has 0 saturated heterocycles. The summed E-state index contributed by atoms with van der Waals surface area (Å²) in [5, 5.41) is 2.89. The lowest BCUT2D eigenvalue weighted by atomic mass is 10.2. The smallest absolute Gasteiger partial charge is 0.261 e. The van der Waals surface area contributed by atoms with E-state index < -0.39 is 0 Å². The van der Waals surface area contributed by atoms with Gasteiger partial charge < -0.3 is 14.6 Å². The third-order valence-corrected chi connectivity index (χ3v) is 4.48. The highest BCUT2D eigenvalue weighted by molar-refractivity contribution is 6.05. The van der Waals surface area contributed by atoms with Gasteiger partial charge in [-0.05, 0) is 55.5 Å². The second-order valence-electron chi connectivity index (χ2n) is 6.30. The molecule has 2 aromatic carbocycles. The topological polar surface area (TPSA) is 69.0 Å². The summed E-state index contributed by atoms with van der Waals surface area (Å²) in [5.41, 5.74) is 4.11. The lowest BCUT2D eigenvalue weighted by molar-refractivity contribution is 0.102. The second-order valence-corrected chi connectivity index (χ2v) is 6.30. The van der Waals surface area contributed by atoms with Crippen molar-refractivity contribution in [3.8, 4) is 17.3 Å². The van der Waals surface area contributed by atoms with E-state index in [4.69, 9.17) is 9.72 Å². The Bertz CT molecular complexity index is 1130. The Morgan fingerprint density at radius 1 is 1.07 bits per heavy atom. The van der Waals surface area contributed by atoms with Crippen LogP contribution in [0.3, 0.4) is 0 Å². The molecular weight excluding hydrogens is 352 g/mol. The van der Waals surface area contributed by atoms with E-state index in [2.05, 4.69) is 14.9 Å². The normalized spacial score (nSPS) is 10.8. The molecule has 2 heterocycles. The lowest BCUT2D eigenvalue weighted by Gasteiger charge is -2.10. The predicted molar refractivity (Wildman–Crippen MR) is 110 cm³/mol. The van der Waals surface area contributed by atoms with Crippen molar-refractivity contribution in [2.75, 3.05) is 11.9 Å². The number of amides is 1. The molecule has 28 heavy (non-hydrogen) atoms. The van der Waals surface area contributed by atoms with Crippen molar-refractivity contribution >= 4 is 22.6 Å². The summed E-state index contributed by atoms with van der Waals surface area (Å²) in [6.45, 7) is 2.31. The first-order valence-corrected chi connectivity index (χ1v) is 9.08. The number of fused-ring (bicyclic) bond motifs is 1. The molecule has 140 valence electrons. The van der Waals surface area contributed by atoms with Crippen LogP contribution in [0.2, 0.25) is 0 Å². The number of anilines is 1. The molecule has 1 N–H and O–H groups in total. The average molecular weight is 372 g/mol. The highest BCUT2D eigenvalue weighted by atomic mass is 16.5. The molecule has 0 fully saturated rings. The van der Waals surface area contributed by atoms with Gasteiger partial charge in [0, 0.05) is 24.5 Å². The molecule has 0 aliphatic carbocycles. The molecule has 2 aromatic heterocycles. The quantitative estimate of drug-likeness (QED) is 0.567. The van der Waals surface area contributed by atoms with Crippen molar-refractivity contribution in [3.05, 3.63) is 72.4 Å². The summed E-state index contributed by atoms with van der Waals surface area (Å²) < 4.78 is 7.49. The third kappa shape index (κ3) is 3.32. The van der Waals surface area contributed by atoms with Gasteiger partial charge in [0.25, 0.3) is 5.91 Å². The number of benzene rings is 2. The number of rotatable bonds is 5. The van der Waals surface area contributed by atoms with Crippen molar-refractivity contribution in [2.45, 2.75) is 6.92 Å². The summed E-state index contributed by atoms with van der Waals surface area (Å²) in [4.78, 5) is 21.4. The number of hydrogen-bond donors (Lipinski definition) is 1. The van der Waals surface area contributed by atoms with Crippen LogP contribution in [0.4, 0.5) is 5.69 Å². The molecule has 6 nitrogen and oxygen atoms in total. The van der Waals surface area contributed by atoms with Crippen molar-refractivity contribution < 1.29 is 9.53 Å². The zero-order valence-corrected chi connectivity index (χ0v) is 15.7. The monoisotopic (exact) mass is 372 g/mol. The van der Waals surface area contributed by atoms with Gasteiger partial charge in [-0.15, -0.1) is 0 Å². The van der Waals surface area contributed by atoms with Crippen molar-refractivity contribution in [2.24, 2.45) is 7.05 Å². The number of ether oxygens (including phenoxy) is 1. The second kappa shape index (κ2) is 7.52. The van der Waals surface area contributed by atoms with Crippen LogP contribution in [0, 0.1) is 0 Å². The third-order valence-electron chi connectivity index (χ3n) is 4.48. The van der Waals surface area contributed by atoms with Gasteiger partial charge in [0.2, 0.25) is 5.88 Å². The van der Waals surface area contributed by atoms with E-state index in [1.165, 1.54) is 0 Å². The molecule has 4 rings (SSSR count). The van der Waals surface area contributed by atoms with Gasteiger partial charge in [-0.2, -0.15) is 0 Å². The van der Waals surface area contributed by atoms with Crippen molar-refractivity contribution in [1.82, 2.24) is 14.5 Å².